The number of nitrogens with one attached hydrogen (secondary N) is 1. The SMILES string of the molecule is Fc1cc([C@H]2CNCCO2)c(Cl)cc1Cl. The van der Waals surface area contributed by atoms with Crippen molar-refractivity contribution in [1.29, 1.82) is 0 Å². The van der Waals surface area contributed by atoms with E-state index in [1.807, 2.05) is 0 Å². The Kier molecular flexibility index (Phi) is 3.46. The third kappa shape index (κ3) is 2.42. The Bertz CT molecular complexity index is 367. The molecule has 1 aromatic carbocycles. The first kappa shape index (κ1) is 11.1. The van der Waals surface area contributed by atoms with E-state index >= 15 is 0 Å². The topological polar surface area (TPSA) is 21.3 Å². The quantitative estimate of drug-likeness (QED) is 0.774. The fourth-order valence-electron chi connectivity index (χ4n) is 1.55. The molecule has 1 aliphatic heterocycles. The van der Waals surface area contributed by atoms with Gasteiger partial charge in [-0.25, -0.2) is 4.39 Å². The minimum atomic E-state index is -0.467. The molecule has 0 saturated carbocycles. The zero-order chi connectivity index (χ0) is 10.8. The van der Waals surface area contributed by atoms with Crippen LogP contribution in [0.4, 0.5) is 4.39 Å². The molecule has 0 aliphatic carbocycles. The van der Waals surface area contributed by atoms with Crippen molar-refractivity contribution < 1.29 is 9.13 Å². The molecule has 1 N–H and O–H groups in total. The number of rotatable bonds is 1. The molecular weight excluding hydrogens is 240 g/mol. The summed E-state index contributed by atoms with van der Waals surface area (Å²) in [4.78, 5) is 0. The third-order valence-corrected chi connectivity index (χ3v) is 2.93. The number of hydrogen-bond acceptors (Lipinski definition) is 2. The molecule has 0 spiro atoms. The van der Waals surface area contributed by atoms with Gasteiger partial charge >= 0.3 is 0 Å². The van der Waals surface area contributed by atoms with E-state index in [2.05, 4.69) is 5.32 Å². The molecule has 1 aromatic rings. The molecule has 0 radical (unpaired) electrons. The van der Waals surface area contributed by atoms with Crippen LogP contribution < -0.4 is 5.32 Å². The summed E-state index contributed by atoms with van der Waals surface area (Å²) >= 11 is 11.6. The Hall–Kier alpha value is -0.350. The van der Waals surface area contributed by atoms with Crippen LogP contribution in [0.25, 0.3) is 0 Å². The maximum absolute atomic E-state index is 13.2. The molecular formula is C10H10Cl2FNO. The minimum absolute atomic E-state index is 0.0347. The summed E-state index contributed by atoms with van der Waals surface area (Å²) < 4.78 is 18.7. The van der Waals surface area contributed by atoms with Crippen molar-refractivity contribution in [3.63, 3.8) is 0 Å². The lowest BCUT2D eigenvalue weighted by Crippen LogP contribution is -2.33. The van der Waals surface area contributed by atoms with Crippen molar-refractivity contribution in [2.24, 2.45) is 0 Å². The average Bonchev–Trinajstić information content (AvgIpc) is 2.25. The summed E-state index contributed by atoms with van der Waals surface area (Å²) in [6.07, 6.45) is -0.196. The molecule has 2 rings (SSSR count). The first-order valence-corrected chi connectivity index (χ1v) is 5.41. The first-order chi connectivity index (χ1) is 7.18. The predicted octanol–water partition coefficient (Wildman–Crippen LogP) is 2.79. The second kappa shape index (κ2) is 4.66. The number of benzene rings is 1. The highest BCUT2D eigenvalue weighted by Crippen LogP contribution is 2.30. The van der Waals surface area contributed by atoms with E-state index in [9.17, 15) is 4.39 Å². The summed E-state index contributed by atoms with van der Waals surface area (Å²) in [5, 5.41) is 3.63. The van der Waals surface area contributed by atoms with E-state index in [1.165, 1.54) is 12.1 Å². The van der Waals surface area contributed by atoms with Gasteiger partial charge in [-0.1, -0.05) is 23.2 Å². The summed E-state index contributed by atoms with van der Waals surface area (Å²) in [6, 6.07) is 2.74. The fourth-order valence-corrected chi connectivity index (χ4v) is 2.05. The van der Waals surface area contributed by atoms with E-state index in [-0.39, 0.29) is 11.1 Å². The zero-order valence-electron chi connectivity index (χ0n) is 7.90. The second-order valence-corrected chi connectivity index (χ2v) is 4.17. The minimum Gasteiger partial charge on any atom is -0.371 e. The van der Waals surface area contributed by atoms with Gasteiger partial charge in [0.25, 0.3) is 0 Å². The van der Waals surface area contributed by atoms with Gasteiger partial charge in [0.2, 0.25) is 0 Å². The maximum atomic E-state index is 13.2. The lowest BCUT2D eigenvalue weighted by atomic mass is 10.1. The first-order valence-electron chi connectivity index (χ1n) is 4.65. The fraction of sp³-hybridized carbons (Fsp3) is 0.400. The highest BCUT2D eigenvalue weighted by atomic mass is 35.5. The van der Waals surface area contributed by atoms with E-state index in [0.717, 1.165) is 6.54 Å². The molecule has 1 heterocycles. The molecule has 0 amide bonds. The van der Waals surface area contributed by atoms with Crippen LogP contribution in [0.5, 0.6) is 0 Å². The van der Waals surface area contributed by atoms with Crippen LogP contribution in [0.15, 0.2) is 12.1 Å². The summed E-state index contributed by atoms with van der Waals surface area (Å²) in [5.74, 6) is -0.467. The van der Waals surface area contributed by atoms with Crippen LogP contribution in [-0.4, -0.2) is 19.7 Å². The number of hydrogen-bond donors (Lipinski definition) is 1. The Morgan fingerprint density at radius 1 is 1.33 bits per heavy atom. The third-order valence-electron chi connectivity index (χ3n) is 2.31. The summed E-state index contributed by atoms with van der Waals surface area (Å²) in [7, 11) is 0. The van der Waals surface area contributed by atoms with Crippen molar-refractivity contribution in [2.75, 3.05) is 19.7 Å². The van der Waals surface area contributed by atoms with Crippen LogP contribution in [0.2, 0.25) is 10.0 Å². The Labute approximate surface area is 97.3 Å². The molecule has 0 unspecified atom stereocenters. The van der Waals surface area contributed by atoms with Gasteiger partial charge in [0, 0.05) is 23.7 Å². The lowest BCUT2D eigenvalue weighted by molar-refractivity contribution is 0.0276. The monoisotopic (exact) mass is 249 g/mol. The highest BCUT2D eigenvalue weighted by molar-refractivity contribution is 6.35. The largest absolute Gasteiger partial charge is 0.371 e. The van der Waals surface area contributed by atoms with Gasteiger partial charge in [-0.15, -0.1) is 0 Å². The van der Waals surface area contributed by atoms with Gasteiger partial charge in [-0.05, 0) is 12.1 Å². The van der Waals surface area contributed by atoms with Gasteiger partial charge in [-0.3, -0.25) is 0 Å². The van der Waals surface area contributed by atoms with Crippen LogP contribution >= 0.6 is 23.2 Å². The Morgan fingerprint density at radius 3 is 2.80 bits per heavy atom. The van der Waals surface area contributed by atoms with Gasteiger partial charge < -0.3 is 10.1 Å². The molecule has 2 nitrogen and oxygen atoms in total. The normalized spacial score (nSPS) is 21.7. The molecule has 1 aliphatic rings. The van der Waals surface area contributed by atoms with Crippen LogP contribution in [0.3, 0.4) is 0 Å². The molecule has 1 atom stereocenters. The Balaban J connectivity index is 2.30. The smallest absolute Gasteiger partial charge is 0.142 e. The van der Waals surface area contributed by atoms with Gasteiger partial charge in [0.15, 0.2) is 0 Å². The van der Waals surface area contributed by atoms with E-state index in [1.54, 1.807) is 0 Å². The van der Waals surface area contributed by atoms with Crippen LogP contribution in [-0.2, 0) is 4.74 Å². The van der Waals surface area contributed by atoms with E-state index in [4.69, 9.17) is 27.9 Å². The Morgan fingerprint density at radius 2 is 2.13 bits per heavy atom. The second-order valence-electron chi connectivity index (χ2n) is 3.35. The van der Waals surface area contributed by atoms with Gasteiger partial charge in [-0.2, -0.15) is 0 Å². The zero-order valence-corrected chi connectivity index (χ0v) is 9.41. The van der Waals surface area contributed by atoms with Crippen molar-refractivity contribution >= 4 is 23.2 Å². The molecule has 82 valence electrons. The molecule has 5 heteroatoms. The summed E-state index contributed by atoms with van der Waals surface area (Å²) in [5.41, 5.74) is 0.644. The van der Waals surface area contributed by atoms with Crippen LogP contribution in [0, 0.1) is 5.82 Å². The highest BCUT2D eigenvalue weighted by Gasteiger charge is 2.20. The van der Waals surface area contributed by atoms with Crippen LogP contribution in [0.1, 0.15) is 11.7 Å². The van der Waals surface area contributed by atoms with Crippen molar-refractivity contribution in [3.8, 4) is 0 Å². The predicted molar refractivity (Wildman–Crippen MR) is 58.0 cm³/mol. The molecule has 1 fully saturated rings. The van der Waals surface area contributed by atoms with E-state index in [0.29, 0.717) is 23.7 Å². The lowest BCUT2D eigenvalue weighted by Gasteiger charge is -2.24. The van der Waals surface area contributed by atoms with Crippen molar-refractivity contribution in [3.05, 3.63) is 33.6 Å². The average molecular weight is 250 g/mol. The summed E-state index contributed by atoms with van der Waals surface area (Å²) in [6.45, 7) is 2.05. The van der Waals surface area contributed by atoms with Gasteiger partial charge in [0.05, 0.1) is 17.7 Å². The standard InChI is InChI=1S/C10H10Cl2FNO/c11-7-4-8(12)9(13)3-6(7)10-5-14-1-2-15-10/h3-4,10,14H,1-2,5H2/t10-/m1/s1. The van der Waals surface area contributed by atoms with E-state index < -0.39 is 5.82 Å². The number of halogens is 3. The number of morpholine rings is 1. The molecule has 0 bridgehead atoms. The number of ether oxygens (including phenoxy) is 1. The van der Waals surface area contributed by atoms with Crippen molar-refractivity contribution in [1.82, 2.24) is 5.32 Å². The molecule has 0 aromatic heterocycles. The van der Waals surface area contributed by atoms with Gasteiger partial charge in [0.1, 0.15) is 5.82 Å². The molecule has 15 heavy (non-hydrogen) atoms. The molecule has 1 saturated heterocycles. The van der Waals surface area contributed by atoms with Crippen molar-refractivity contribution in [2.45, 2.75) is 6.10 Å². The maximum Gasteiger partial charge on any atom is 0.142 e.